The van der Waals surface area contributed by atoms with E-state index in [-0.39, 0.29) is 11.2 Å². The summed E-state index contributed by atoms with van der Waals surface area (Å²) in [7, 11) is 0. The number of aryl methyl sites for hydroxylation is 1. The zero-order valence-electron chi connectivity index (χ0n) is 14.1. The molecule has 24 heavy (non-hydrogen) atoms. The molecule has 0 aromatic carbocycles. The van der Waals surface area contributed by atoms with Crippen LogP contribution in [0.4, 0.5) is 19.0 Å². The maximum atomic E-state index is 12.5. The number of hydrogen-bond acceptors (Lipinski definition) is 5. The average molecular weight is 356 g/mol. The number of anilines is 1. The summed E-state index contributed by atoms with van der Waals surface area (Å²) < 4.78 is 37.5. The Hall–Kier alpha value is -1.96. The van der Waals surface area contributed by atoms with Gasteiger partial charge in [0.05, 0.1) is 26.9 Å². The summed E-state index contributed by atoms with van der Waals surface area (Å²) >= 11 is 1.56. The van der Waals surface area contributed by atoms with Crippen molar-refractivity contribution >= 4 is 22.9 Å². The first-order valence-corrected chi connectivity index (χ1v) is 8.12. The average Bonchev–Trinajstić information content (AvgIpc) is 2.86. The Bertz CT molecular complexity index is 740. The van der Waals surface area contributed by atoms with E-state index in [1.807, 2.05) is 13.8 Å². The molecule has 8 heteroatoms. The summed E-state index contributed by atoms with van der Waals surface area (Å²) in [6.07, 6.45) is -3.61. The SMILES string of the molecule is CC(=NNc1ccc(C(F)(F)F)cn1)c1sc(C(C)(C)C)nc1C. The molecule has 0 saturated carbocycles. The molecule has 0 bridgehead atoms. The number of alkyl halides is 3. The van der Waals surface area contributed by atoms with Gasteiger partial charge >= 0.3 is 6.18 Å². The fraction of sp³-hybridized carbons (Fsp3) is 0.438. The molecule has 0 aliphatic heterocycles. The lowest BCUT2D eigenvalue weighted by molar-refractivity contribution is -0.137. The Labute approximate surface area is 142 Å². The van der Waals surface area contributed by atoms with Crippen LogP contribution >= 0.6 is 11.3 Å². The second-order valence-corrected chi connectivity index (χ2v) is 7.42. The van der Waals surface area contributed by atoms with Crippen molar-refractivity contribution in [2.75, 3.05) is 5.43 Å². The molecule has 2 aromatic rings. The monoisotopic (exact) mass is 356 g/mol. The van der Waals surface area contributed by atoms with Gasteiger partial charge in [0.1, 0.15) is 5.82 Å². The first-order valence-electron chi connectivity index (χ1n) is 7.30. The second-order valence-electron chi connectivity index (χ2n) is 6.42. The lowest BCUT2D eigenvalue weighted by Crippen LogP contribution is -2.10. The van der Waals surface area contributed by atoms with Crippen molar-refractivity contribution in [2.24, 2.45) is 5.10 Å². The van der Waals surface area contributed by atoms with E-state index >= 15 is 0 Å². The normalized spacial score (nSPS) is 13.2. The molecular weight excluding hydrogens is 337 g/mol. The first-order chi connectivity index (χ1) is 11.0. The van der Waals surface area contributed by atoms with Gasteiger partial charge in [-0.05, 0) is 26.0 Å². The number of hydrogen-bond donors (Lipinski definition) is 1. The van der Waals surface area contributed by atoms with Crippen molar-refractivity contribution in [3.8, 4) is 0 Å². The summed E-state index contributed by atoms with van der Waals surface area (Å²) in [5, 5.41) is 5.22. The molecule has 0 radical (unpaired) electrons. The van der Waals surface area contributed by atoms with Crippen LogP contribution in [-0.4, -0.2) is 15.7 Å². The molecule has 1 N–H and O–H groups in total. The molecule has 2 heterocycles. The number of nitrogens with zero attached hydrogens (tertiary/aromatic N) is 3. The Balaban J connectivity index is 2.16. The highest BCUT2D eigenvalue weighted by atomic mass is 32.1. The third kappa shape index (κ3) is 4.31. The molecule has 0 spiro atoms. The summed E-state index contributed by atoms with van der Waals surface area (Å²) in [4.78, 5) is 9.24. The summed E-state index contributed by atoms with van der Waals surface area (Å²) in [5.74, 6) is 0.251. The predicted molar refractivity (Wildman–Crippen MR) is 90.6 cm³/mol. The maximum absolute atomic E-state index is 12.5. The highest BCUT2D eigenvalue weighted by Crippen LogP contribution is 2.30. The zero-order valence-corrected chi connectivity index (χ0v) is 14.9. The lowest BCUT2D eigenvalue weighted by atomic mass is 9.98. The number of hydrazone groups is 1. The molecule has 130 valence electrons. The van der Waals surface area contributed by atoms with E-state index in [2.05, 4.69) is 41.3 Å². The number of halogens is 3. The second kappa shape index (κ2) is 6.51. The van der Waals surface area contributed by atoms with Crippen molar-refractivity contribution < 1.29 is 13.2 Å². The molecular formula is C16H19F3N4S. The third-order valence-electron chi connectivity index (χ3n) is 3.20. The molecule has 2 rings (SSSR count). The van der Waals surface area contributed by atoms with Crippen LogP contribution in [-0.2, 0) is 11.6 Å². The Kier molecular flexibility index (Phi) is 4.98. The molecule has 0 fully saturated rings. The van der Waals surface area contributed by atoms with Crippen molar-refractivity contribution in [3.63, 3.8) is 0 Å². The molecule has 0 aliphatic rings. The Morgan fingerprint density at radius 2 is 1.88 bits per heavy atom. The maximum Gasteiger partial charge on any atom is 0.417 e. The van der Waals surface area contributed by atoms with Gasteiger partial charge in [-0.2, -0.15) is 18.3 Å². The third-order valence-corrected chi connectivity index (χ3v) is 4.89. The molecule has 2 aromatic heterocycles. The van der Waals surface area contributed by atoms with Gasteiger partial charge in [-0.15, -0.1) is 11.3 Å². The zero-order chi connectivity index (χ0) is 18.1. The molecule has 0 unspecified atom stereocenters. The highest BCUT2D eigenvalue weighted by molar-refractivity contribution is 7.14. The van der Waals surface area contributed by atoms with Gasteiger partial charge in [-0.1, -0.05) is 20.8 Å². The van der Waals surface area contributed by atoms with Gasteiger partial charge in [-0.3, -0.25) is 5.43 Å². The van der Waals surface area contributed by atoms with Crippen LogP contribution < -0.4 is 5.43 Å². The number of aromatic nitrogens is 2. The van der Waals surface area contributed by atoms with Crippen LogP contribution in [0.1, 0.15) is 48.8 Å². The van der Waals surface area contributed by atoms with E-state index in [4.69, 9.17) is 0 Å². The van der Waals surface area contributed by atoms with Crippen LogP contribution in [0.25, 0.3) is 0 Å². The fourth-order valence-electron chi connectivity index (χ4n) is 1.87. The first kappa shape index (κ1) is 18.4. The van der Waals surface area contributed by atoms with E-state index in [1.54, 1.807) is 11.3 Å². The van der Waals surface area contributed by atoms with Gasteiger partial charge in [0, 0.05) is 11.6 Å². The Morgan fingerprint density at radius 3 is 2.33 bits per heavy atom. The molecule has 4 nitrogen and oxygen atoms in total. The molecule has 0 saturated heterocycles. The molecule has 0 amide bonds. The minimum Gasteiger partial charge on any atom is -0.261 e. The summed E-state index contributed by atoms with van der Waals surface area (Å²) in [6, 6.07) is 2.22. The smallest absolute Gasteiger partial charge is 0.261 e. The fourth-order valence-corrected chi connectivity index (χ4v) is 2.94. The van der Waals surface area contributed by atoms with Gasteiger partial charge in [-0.25, -0.2) is 9.97 Å². The van der Waals surface area contributed by atoms with E-state index in [9.17, 15) is 13.2 Å². The standard InChI is InChI=1S/C16H19F3N4S/c1-9-13(24-14(21-9)15(3,4)5)10(2)22-23-12-7-6-11(8-20-12)16(17,18)19/h6-8H,1-5H3,(H,20,23). The number of pyridine rings is 1. The molecule has 0 aliphatic carbocycles. The minimum absolute atomic E-state index is 0.0453. The van der Waals surface area contributed by atoms with Crippen molar-refractivity contribution in [1.82, 2.24) is 9.97 Å². The minimum atomic E-state index is -4.40. The highest BCUT2D eigenvalue weighted by Gasteiger charge is 2.30. The van der Waals surface area contributed by atoms with Crippen molar-refractivity contribution in [2.45, 2.75) is 46.2 Å². The van der Waals surface area contributed by atoms with Crippen LogP contribution in [0, 0.1) is 6.92 Å². The van der Waals surface area contributed by atoms with Gasteiger partial charge < -0.3 is 0 Å². The predicted octanol–water partition coefficient (Wildman–Crippen LogP) is 5.00. The van der Waals surface area contributed by atoms with Crippen LogP contribution in [0.15, 0.2) is 23.4 Å². The topological polar surface area (TPSA) is 50.2 Å². The van der Waals surface area contributed by atoms with Gasteiger partial charge in [0.15, 0.2) is 0 Å². The van der Waals surface area contributed by atoms with E-state index in [0.29, 0.717) is 5.71 Å². The van der Waals surface area contributed by atoms with Gasteiger partial charge in [0.25, 0.3) is 0 Å². The number of rotatable bonds is 3. The van der Waals surface area contributed by atoms with E-state index in [1.165, 1.54) is 6.07 Å². The lowest BCUT2D eigenvalue weighted by Gasteiger charge is -2.13. The van der Waals surface area contributed by atoms with Gasteiger partial charge in [0.2, 0.25) is 0 Å². The van der Waals surface area contributed by atoms with Crippen molar-refractivity contribution in [3.05, 3.63) is 39.5 Å². The van der Waals surface area contributed by atoms with Crippen LogP contribution in [0.5, 0.6) is 0 Å². The van der Waals surface area contributed by atoms with E-state index < -0.39 is 11.7 Å². The largest absolute Gasteiger partial charge is 0.417 e. The summed E-state index contributed by atoms with van der Waals surface area (Å²) in [5.41, 5.74) is 3.44. The van der Waals surface area contributed by atoms with Crippen LogP contribution in [0.2, 0.25) is 0 Å². The van der Waals surface area contributed by atoms with E-state index in [0.717, 1.165) is 27.8 Å². The molecule has 0 atom stereocenters. The quantitative estimate of drug-likeness (QED) is 0.622. The number of thiazole rings is 1. The Morgan fingerprint density at radius 1 is 1.21 bits per heavy atom. The number of nitrogens with one attached hydrogen (secondary N) is 1. The van der Waals surface area contributed by atoms with Crippen LogP contribution in [0.3, 0.4) is 0 Å². The van der Waals surface area contributed by atoms with Crippen molar-refractivity contribution in [1.29, 1.82) is 0 Å². The summed E-state index contributed by atoms with van der Waals surface area (Å²) in [6.45, 7) is 10.0.